The highest BCUT2D eigenvalue weighted by molar-refractivity contribution is 6.30. The molecule has 1 fully saturated rings. The first kappa shape index (κ1) is 14.4. The van der Waals surface area contributed by atoms with E-state index in [1.807, 2.05) is 26.2 Å². The van der Waals surface area contributed by atoms with Gasteiger partial charge in [-0.3, -0.25) is 9.69 Å². The molecule has 1 aliphatic heterocycles. The van der Waals surface area contributed by atoms with E-state index < -0.39 is 0 Å². The van der Waals surface area contributed by atoms with Gasteiger partial charge in [0.1, 0.15) is 0 Å². The summed E-state index contributed by atoms with van der Waals surface area (Å²) in [5, 5.41) is 0.767. The zero-order valence-electron chi connectivity index (χ0n) is 11.6. The molecular weight excluding hydrogens is 260 g/mol. The lowest BCUT2D eigenvalue weighted by atomic mass is 9.96. The van der Waals surface area contributed by atoms with Crippen LogP contribution in [0.25, 0.3) is 0 Å². The number of piperidine rings is 1. The summed E-state index contributed by atoms with van der Waals surface area (Å²) in [6.45, 7) is 2.83. The Kier molecular flexibility index (Phi) is 4.83. The quantitative estimate of drug-likeness (QED) is 0.850. The van der Waals surface area contributed by atoms with Crippen LogP contribution >= 0.6 is 11.6 Å². The number of carbonyl (C=O) groups is 1. The SMILES string of the molecule is CN(C)C(=O)C1CCCN(Cc2ccc(Cl)cc2)C1. The smallest absolute Gasteiger partial charge is 0.226 e. The summed E-state index contributed by atoms with van der Waals surface area (Å²) >= 11 is 5.89. The van der Waals surface area contributed by atoms with E-state index in [1.165, 1.54) is 5.56 Å². The van der Waals surface area contributed by atoms with Crippen molar-refractivity contribution in [2.75, 3.05) is 27.2 Å². The second-order valence-corrected chi connectivity index (χ2v) is 5.87. The van der Waals surface area contributed by atoms with Gasteiger partial charge in [-0.15, -0.1) is 0 Å². The van der Waals surface area contributed by atoms with Gasteiger partial charge in [-0.05, 0) is 37.1 Å². The van der Waals surface area contributed by atoms with E-state index in [-0.39, 0.29) is 11.8 Å². The van der Waals surface area contributed by atoms with Crippen molar-refractivity contribution in [2.24, 2.45) is 5.92 Å². The van der Waals surface area contributed by atoms with Gasteiger partial charge in [-0.25, -0.2) is 0 Å². The number of nitrogens with zero attached hydrogens (tertiary/aromatic N) is 2. The Hall–Kier alpha value is -1.06. The molecule has 0 spiro atoms. The van der Waals surface area contributed by atoms with Gasteiger partial charge in [0.25, 0.3) is 0 Å². The highest BCUT2D eigenvalue weighted by atomic mass is 35.5. The Morgan fingerprint density at radius 3 is 2.68 bits per heavy atom. The molecule has 2 rings (SSSR count). The topological polar surface area (TPSA) is 23.6 Å². The van der Waals surface area contributed by atoms with Crippen molar-refractivity contribution in [3.63, 3.8) is 0 Å². The number of carbonyl (C=O) groups excluding carboxylic acids is 1. The number of hydrogen-bond acceptors (Lipinski definition) is 2. The van der Waals surface area contributed by atoms with E-state index in [4.69, 9.17) is 11.6 Å². The Balaban J connectivity index is 1.94. The maximum atomic E-state index is 12.0. The lowest BCUT2D eigenvalue weighted by Crippen LogP contribution is -2.42. The van der Waals surface area contributed by atoms with Crippen LogP contribution in [0.15, 0.2) is 24.3 Å². The van der Waals surface area contributed by atoms with Crippen LogP contribution in [0.5, 0.6) is 0 Å². The molecular formula is C15H21ClN2O. The van der Waals surface area contributed by atoms with E-state index in [0.717, 1.165) is 37.5 Å². The number of rotatable bonds is 3. The van der Waals surface area contributed by atoms with Crippen molar-refractivity contribution in [3.05, 3.63) is 34.9 Å². The van der Waals surface area contributed by atoms with E-state index in [2.05, 4.69) is 17.0 Å². The molecule has 4 heteroatoms. The van der Waals surface area contributed by atoms with Crippen LogP contribution in [0.3, 0.4) is 0 Å². The number of hydrogen-bond donors (Lipinski definition) is 0. The van der Waals surface area contributed by atoms with Gasteiger partial charge in [0, 0.05) is 32.2 Å². The Morgan fingerprint density at radius 2 is 2.05 bits per heavy atom. The summed E-state index contributed by atoms with van der Waals surface area (Å²) in [6.07, 6.45) is 2.10. The molecule has 0 bridgehead atoms. The maximum Gasteiger partial charge on any atom is 0.226 e. The number of benzene rings is 1. The van der Waals surface area contributed by atoms with Crippen molar-refractivity contribution in [3.8, 4) is 0 Å². The van der Waals surface area contributed by atoms with Crippen molar-refractivity contribution in [1.29, 1.82) is 0 Å². The summed E-state index contributed by atoms with van der Waals surface area (Å²) in [5.41, 5.74) is 1.25. The molecule has 0 aromatic heterocycles. The Bertz CT molecular complexity index is 430. The first-order chi connectivity index (χ1) is 9.06. The Labute approximate surface area is 120 Å². The first-order valence-corrected chi connectivity index (χ1v) is 7.12. The summed E-state index contributed by atoms with van der Waals surface area (Å²) in [5.74, 6) is 0.400. The molecule has 0 N–H and O–H groups in total. The number of halogens is 1. The maximum absolute atomic E-state index is 12.0. The fourth-order valence-electron chi connectivity index (χ4n) is 2.61. The van der Waals surface area contributed by atoms with Crippen molar-refractivity contribution in [1.82, 2.24) is 9.80 Å². The molecule has 0 aliphatic carbocycles. The van der Waals surface area contributed by atoms with Crippen LogP contribution in [0.1, 0.15) is 18.4 Å². The molecule has 1 saturated heterocycles. The first-order valence-electron chi connectivity index (χ1n) is 6.74. The summed E-state index contributed by atoms with van der Waals surface area (Å²) < 4.78 is 0. The molecule has 1 unspecified atom stereocenters. The van der Waals surface area contributed by atoms with E-state index in [1.54, 1.807) is 4.90 Å². The van der Waals surface area contributed by atoms with Crippen LogP contribution in [0, 0.1) is 5.92 Å². The zero-order valence-corrected chi connectivity index (χ0v) is 12.4. The van der Waals surface area contributed by atoms with Gasteiger partial charge in [-0.1, -0.05) is 23.7 Å². The van der Waals surface area contributed by atoms with Gasteiger partial charge in [0.05, 0.1) is 5.92 Å². The van der Waals surface area contributed by atoms with E-state index >= 15 is 0 Å². The summed E-state index contributed by atoms with van der Waals surface area (Å²) in [4.78, 5) is 16.1. The summed E-state index contributed by atoms with van der Waals surface area (Å²) in [6, 6.07) is 7.95. The zero-order chi connectivity index (χ0) is 13.8. The number of amides is 1. The third-order valence-corrected chi connectivity index (χ3v) is 3.87. The third-order valence-electron chi connectivity index (χ3n) is 3.61. The van der Waals surface area contributed by atoms with Gasteiger partial charge < -0.3 is 4.90 Å². The minimum atomic E-state index is 0.149. The van der Waals surface area contributed by atoms with Gasteiger partial charge >= 0.3 is 0 Å². The predicted molar refractivity (Wildman–Crippen MR) is 78.1 cm³/mol. The monoisotopic (exact) mass is 280 g/mol. The fraction of sp³-hybridized carbons (Fsp3) is 0.533. The molecule has 1 aromatic carbocycles. The molecule has 1 heterocycles. The second kappa shape index (κ2) is 6.40. The average Bonchev–Trinajstić information content (AvgIpc) is 2.41. The highest BCUT2D eigenvalue weighted by Crippen LogP contribution is 2.20. The largest absolute Gasteiger partial charge is 0.349 e. The predicted octanol–water partition coefficient (Wildman–Crippen LogP) is 2.64. The van der Waals surface area contributed by atoms with Crippen LogP contribution in [-0.4, -0.2) is 42.9 Å². The van der Waals surface area contributed by atoms with Crippen molar-refractivity contribution < 1.29 is 4.79 Å². The molecule has 1 aliphatic rings. The van der Waals surface area contributed by atoms with Crippen LogP contribution in [0.2, 0.25) is 5.02 Å². The molecule has 0 saturated carbocycles. The summed E-state index contributed by atoms with van der Waals surface area (Å²) in [7, 11) is 3.67. The van der Waals surface area contributed by atoms with E-state index in [9.17, 15) is 4.79 Å². The van der Waals surface area contributed by atoms with Crippen LogP contribution in [0.4, 0.5) is 0 Å². The third kappa shape index (κ3) is 3.95. The van der Waals surface area contributed by atoms with Gasteiger partial charge in [0.2, 0.25) is 5.91 Å². The molecule has 1 atom stereocenters. The van der Waals surface area contributed by atoms with Gasteiger partial charge in [0.15, 0.2) is 0 Å². The fourth-order valence-corrected chi connectivity index (χ4v) is 2.74. The van der Waals surface area contributed by atoms with Crippen molar-refractivity contribution in [2.45, 2.75) is 19.4 Å². The molecule has 0 radical (unpaired) electrons. The highest BCUT2D eigenvalue weighted by Gasteiger charge is 2.26. The van der Waals surface area contributed by atoms with Crippen molar-refractivity contribution >= 4 is 17.5 Å². The lowest BCUT2D eigenvalue weighted by Gasteiger charge is -2.33. The molecule has 1 amide bonds. The van der Waals surface area contributed by atoms with Crippen LogP contribution in [-0.2, 0) is 11.3 Å². The minimum Gasteiger partial charge on any atom is -0.349 e. The van der Waals surface area contributed by atoms with Gasteiger partial charge in [-0.2, -0.15) is 0 Å². The Morgan fingerprint density at radius 1 is 1.37 bits per heavy atom. The van der Waals surface area contributed by atoms with E-state index in [0.29, 0.717) is 0 Å². The molecule has 104 valence electrons. The second-order valence-electron chi connectivity index (χ2n) is 5.43. The van der Waals surface area contributed by atoms with Crippen LogP contribution < -0.4 is 0 Å². The minimum absolute atomic E-state index is 0.149. The molecule has 3 nitrogen and oxygen atoms in total. The average molecular weight is 281 g/mol. The molecule has 1 aromatic rings. The normalized spacial score (nSPS) is 20.3. The molecule has 19 heavy (non-hydrogen) atoms. The standard InChI is InChI=1S/C15H21ClN2O/c1-17(2)15(19)13-4-3-9-18(11-13)10-12-5-7-14(16)8-6-12/h5-8,13H,3-4,9-11H2,1-2H3. The number of likely N-dealkylation sites (tertiary alicyclic amines) is 1. The lowest BCUT2D eigenvalue weighted by molar-refractivity contribution is -0.134.